The second-order valence-electron chi connectivity index (χ2n) is 6.01. The Hall–Kier alpha value is -2.12. The molecule has 0 bridgehead atoms. The van der Waals surface area contributed by atoms with Gasteiger partial charge < -0.3 is 14.8 Å². The first-order valence-electron chi connectivity index (χ1n) is 8.63. The fourth-order valence-electron chi connectivity index (χ4n) is 2.49. The number of methoxy groups -OCH3 is 1. The molecule has 0 fully saturated rings. The van der Waals surface area contributed by atoms with Crippen LogP contribution in [0.5, 0.6) is 5.75 Å². The van der Waals surface area contributed by atoms with E-state index < -0.39 is 5.97 Å². The minimum atomic E-state index is -0.438. The van der Waals surface area contributed by atoms with Crippen molar-refractivity contribution in [3.63, 3.8) is 0 Å². The first-order chi connectivity index (χ1) is 12.8. The Labute approximate surface area is 167 Å². The Morgan fingerprint density at radius 3 is 2.52 bits per heavy atom. The van der Waals surface area contributed by atoms with Crippen molar-refractivity contribution in [2.45, 2.75) is 40.0 Å². The summed E-state index contributed by atoms with van der Waals surface area (Å²) in [7, 11) is 1.32. The molecule has 2 rings (SSSR count). The molecule has 0 saturated carbocycles. The van der Waals surface area contributed by atoms with Gasteiger partial charge in [0.1, 0.15) is 10.6 Å². The highest BCUT2D eigenvalue weighted by Gasteiger charge is 2.18. The van der Waals surface area contributed by atoms with Crippen LogP contribution in [0.2, 0.25) is 5.02 Å². The minimum absolute atomic E-state index is 0.171. The quantitative estimate of drug-likeness (QED) is 0.509. The van der Waals surface area contributed by atoms with Gasteiger partial charge in [0.05, 0.1) is 19.4 Å². The molecule has 6 nitrogen and oxygen atoms in total. The molecule has 0 spiro atoms. The second kappa shape index (κ2) is 9.71. The monoisotopic (exact) mass is 410 g/mol. The van der Waals surface area contributed by atoms with Crippen molar-refractivity contribution in [1.82, 2.24) is 4.98 Å². The topological polar surface area (TPSA) is 77.5 Å². The van der Waals surface area contributed by atoms with Crippen LogP contribution in [0, 0.1) is 13.8 Å². The third kappa shape index (κ3) is 5.68. The molecule has 0 saturated heterocycles. The van der Waals surface area contributed by atoms with Crippen LogP contribution in [0.3, 0.4) is 0 Å². The van der Waals surface area contributed by atoms with Crippen LogP contribution in [-0.4, -0.2) is 30.6 Å². The maximum Gasteiger partial charge on any atom is 0.350 e. The summed E-state index contributed by atoms with van der Waals surface area (Å²) in [4.78, 5) is 28.5. The van der Waals surface area contributed by atoms with Gasteiger partial charge >= 0.3 is 5.97 Å². The molecule has 2 aromatic rings. The van der Waals surface area contributed by atoms with Crippen molar-refractivity contribution in [3.05, 3.63) is 38.9 Å². The minimum Gasteiger partial charge on any atom is -0.494 e. The third-order valence-electron chi connectivity index (χ3n) is 3.88. The van der Waals surface area contributed by atoms with E-state index in [9.17, 15) is 9.59 Å². The number of carbonyl (C=O) groups is 2. The lowest BCUT2D eigenvalue weighted by Gasteiger charge is -2.09. The molecule has 8 heteroatoms. The molecule has 1 amide bonds. The molecule has 27 heavy (non-hydrogen) atoms. The lowest BCUT2D eigenvalue weighted by molar-refractivity contribution is -0.116. The van der Waals surface area contributed by atoms with Crippen molar-refractivity contribution >= 4 is 39.9 Å². The fourth-order valence-corrected chi connectivity index (χ4v) is 3.59. The normalized spacial score (nSPS) is 10.6. The van der Waals surface area contributed by atoms with Gasteiger partial charge in [0.15, 0.2) is 5.13 Å². The van der Waals surface area contributed by atoms with Crippen LogP contribution in [-0.2, 0) is 16.0 Å². The number of thiazole rings is 1. The molecule has 0 aliphatic carbocycles. The van der Waals surface area contributed by atoms with Crippen molar-refractivity contribution in [1.29, 1.82) is 0 Å². The van der Waals surface area contributed by atoms with Crippen molar-refractivity contribution in [2.75, 3.05) is 19.0 Å². The average Bonchev–Trinajstić information content (AvgIpc) is 3.05. The van der Waals surface area contributed by atoms with Gasteiger partial charge in [-0.25, -0.2) is 9.78 Å². The van der Waals surface area contributed by atoms with E-state index in [-0.39, 0.29) is 5.91 Å². The van der Waals surface area contributed by atoms with Gasteiger partial charge in [0, 0.05) is 11.4 Å². The average molecular weight is 411 g/mol. The lowest BCUT2D eigenvalue weighted by Crippen LogP contribution is -2.12. The first kappa shape index (κ1) is 21.2. The highest BCUT2D eigenvalue weighted by molar-refractivity contribution is 7.17. The van der Waals surface area contributed by atoms with Gasteiger partial charge in [-0.3, -0.25) is 4.79 Å². The van der Waals surface area contributed by atoms with Crippen LogP contribution in [0.25, 0.3) is 0 Å². The molecule has 1 N–H and O–H groups in total. The SMILES string of the molecule is CCc1nc(NC(=O)CCCOc2cc(C)c(Cl)c(C)c2)sc1C(=O)OC. The zero-order valence-electron chi connectivity index (χ0n) is 15.8. The Morgan fingerprint density at radius 2 is 1.93 bits per heavy atom. The number of halogens is 1. The van der Waals surface area contributed by atoms with Crippen LogP contribution >= 0.6 is 22.9 Å². The van der Waals surface area contributed by atoms with Gasteiger partial charge in [-0.1, -0.05) is 29.9 Å². The number of aryl methyl sites for hydroxylation is 3. The maximum atomic E-state index is 12.1. The number of anilines is 1. The number of nitrogens with one attached hydrogen (secondary N) is 1. The zero-order chi connectivity index (χ0) is 20.0. The van der Waals surface area contributed by atoms with E-state index in [0.717, 1.165) is 33.2 Å². The van der Waals surface area contributed by atoms with Crippen molar-refractivity contribution < 1.29 is 19.1 Å². The van der Waals surface area contributed by atoms with Gasteiger partial charge in [0.2, 0.25) is 5.91 Å². The van der Waals surface area contributed by atoms with Crippen LogP contribution in [0.4, 0.5) is 5.13 Å². The molecular formula is C19H23ClN2O4S. The number of nitrogens with zero attached hydrogens (tertiary/aromatic N) is 1. The summed E-state index contributed by atoms with van der Waals surface area (Å²) in [5, 5.41) is 3.87. The number of esters is 1. The molecule has 146 valence electrons. The number of benzene rings is 1. The third-order valence-corrected chi connectivity index (χ3v) is 5.47. The summed E-state index contributed by atoms with van der Waals surface area (Å²) < 4.78 is 10.4. The Kier molecular flexibility index (Phi) is 7.62. The van der Waals surface area contributed by atoms with E-state index in [1.807, 2.05) is 32.9 Å². The predicted molar refractivity (Wildman–Crippen MR) is 107 cm³/mol. The van der Waals surface area contributed by atoms with Gasteiger partial charge in [0.25, 0.3) is 0 Å². The molecule has 1 aromatic heterocycles. The molecule has 0 radical (unpaired) electrons. The summed E-state index contributed by atoms with van der Waals surface area (Å²) in [6, 6.07) is 3.76. The molecule has 0 aliphatic rings. The second-order valence-corrected chi connectivity index (χ2v) is 7.39. The van der Waals surface area contributed by atoms with Crippen molar-refractivity contribution in [2.24, 2.45) is 0 Å². The Balaban J connectivity index is 1.83. The molecular weight excluding hydrogens is 388 g/mol. The molecule has 0 atom stereocenters. The van der Waals surface area contributed by atoms with Gasteiger partial charge in [-0.15, -0.1) is 0 Å². The van der Waals surface area contributed by atoms with E-state index in [1.165, 1.54) is 7.11 Å². The molecule has 0 unspecified atom stereocenters. The number of hydrogen-bond acceptors (Lipinski definition) is 6. The van der Waals surface area contributed by atoms with E-state index in [2.05, 4.69) is 10.3 Å². The zero-order valence-corrected chi connectivity index (χ0v) is 17.4. The number of ether oxygens (including phenoxy) is 2. The van der Waals surface area contributed by atoms with Crippen LogP contribution in [0.1, 0.15) is 46.3 Å². The van der Waals surface area contributed by atoms with Gasteiger partial charge in [-0.2, -0.15) is 0 Å². The van der Waals surface area contributed by atoms with E-state index in [1.54, 1.807) is 0 Å². The summed E-state index contributed by atoms with van der Waals surface area (Å²) >= 11 is 7.26. The Bertz CT molecular complexity index is 812. The summed E-state index contributed by atoms with van der Waals surface area (Å²) in [5.74, 6) is 0.131. The molecule has 1 heterocycles. The molecule has 0 aliphatic heterocycles. The summed E-state index contributed by atoms with van der Waals surface area (Å²) in [5.41, 5.74) is 2.54. The Morgan fingerprint density at radius 1 is 1.26 bits per heavy atom. The van der Waals surface area contributed by atoms with Crippen LogP contribution in [0.15, 0.2) is 12.1 Å². The number of amides is 1. The van der Waals surface area contributed by atoms with E-state index >= 15 is 0 Å². The van der Waals surface area contributed by atoms with Crippen LogP contribution < -0.4 is 10.1 Å². The van der Waals surface area contributed by atoms with Crippen molar-refractivity contribution in [3.8, 4) is 5.75 Å². The number of rotatable bonds is 8. The number of aromatic nitrogens is 1. The molecule has 1 aromatic carbocycles. The standard InChI is InChI=1S/C19H23ClN2O4S/c1-5-14-17(18(24)25-4)27-19(21-14)22-15(23)7-6-8-26-13-9-11(2)16(20)12(3)10-13/h9-10H,5-8H2,1-4H3,(H,21,22,23). The fraction of sp³-hybridized carbons (Fsp3) is 0.421. The number of carbonyl (C=O) groups excluding carboxylic acids is 2. The summed E-state index contributed by atoms with van der Waals surface area (Å²) in [6.45, 7) is 6.16. The maximum absolute atomic E-state index is 12.1. The van der Waals surface area contributed by atoms with Gasteiger partial charge in [-0.05, 0) is 49.9 Å². The highest BCUT2D eigenvalue weighted by atomic mass is 35.5. The summed E-state index contributed by atoms with van der Waals surface area (Å²) in [6.07, 6.45) is 1.44. The number of hydrogen-bond donors (Lipinski definition) is 1. The van der Waals surface area contributed by atoms with E-state index in [0.29, 0.717) is 41.6 Å². The largest absolute Gasteiger partial charge is 0.494 e. The van der Waals surface area contributed by atoms with E-state index in [4.69, 9.17) is 21.1 Å². The first-order valence-corrected chi connectivity index (χ1v) is 9.82. The lowest BCUT2D eigenvalue weighted by atomic mass is 10.1. The smallest absolute Gasteiger partial charge is 0.350 e. The highest BCUT2D eigenvalue weighted by Crippen LogP contribution is 2.26. The predicted octanol–water partition coefficient (Wildman–Crippen LogP) is 4.56.